The lowest BCUT2D eigenvalue weighted by Gasteiger charge is -2.13. The fraction of sp³-hybridized carbons (Fsp3) is 0.200. The molecule has 1 amide bonds. The van der Waals surface area contributed by atoms with Crippen LogP contribution in [-0.4, -0.2) is 19.3 Å². The van der Waals surface area contributed by atoms with Crippen LogP contribution in [0, 0.1) is 5.82 Å². The maximum absolute atomic E-state index is 13.0. The molecule has 3 rings (SSSR count). The third kappa shape index (κ3) is 5.85. The summed E-state index contributed by atoms with van der Waals surface area (Å²) in [6.07, 6.45) is 0.632. The molecule has 3 aromatic rings. The van der Waals surface area contributed by atoms with Crippen molar-refractivity contribution in [1.82, 2.24) is 10.3 Å². The maximum atomic E-state index is 13.0. The van der Waals surface area contributed by atoms with E-state index in [1.54, 1.807) is 5.38 Å². The average molecular weight is 434 g/mol. The van der Waals surface area contributed by atoms with E-state index in [0.717, 1.165) is 29.0 Å². The van der Waals surface area contributed by atoms with Gasteiger partial charge in [-0.05, 0) is 43.2 Å². The SMILES string of the molecule is CC(NC(=O)CCc1csc(NS(=O)(=O)c2ccc(F)cc2)n1)c1ccccc1. The predicted octanol–water partition coefficient (Wildman–Crippen LogP) is 3.89. The molecule has 9 heteroatoms. The standard InChI is InChI=1S/C20H20FN3O3S2/c1-14(15-5-3-2-4-6-15)22-19(25)12-9-17-13-28-20(23-17)24-29(26,27)18-10-7-16(21)8-11-18/h2-8,10-11,13-14H,9,12H2,1H3,(H,22,25)(H,23,24). The van der Waals surface area contributed by atoms with Gasteiger partial charge in [0.25, 0.3) is 10.0 Å². The van der Waals surface area contributed by atoms with Crippen molar-refractivity contribution in [2.24, 2.45) is 0 Å². The molecule has 1 heterocycles. The number of carbonyl (C=O) groups excluding carboxylic acids is 1. The third-order valence-corrected chi connectivity index (χ3v) is 6.47. The number of thiazole rings is 1. The zero-order valence-corrected chi connectivity index (χ0v) is 17.3. The topological polar surface area (TPSA) is 88.2 Å². The van der Waals surface area contributed by atoms with Crippen LogP contribution < -0.4 is 10.0 Å². The smallest absolute Gasteiger partial charge is 0.263 e. The van der Waals surface area contributed by atoms with Crippen LogP contribution in [-0.2, 0) is 21.2 Å². The van der Waals surface area contributed by atoms with E-state index in [-0.39, 0.29) is 28.4 Å². The van der Waals surface area contributed by atoms with Gasteiger partial charge in [-0.1, -0.05) is 30.3 Å². The molecule has 0 bridgehead atoms. The second kappa shape index (κ2) is 9.15. The minimum Gasteiger partial charge on any atom is -0.350 e. The number of anilines is 1. The Morgan fingerprint density at radius 2 is 1.83 bits per heavy atom. The van der Waals surface area contributed by atoms with Crippen molar-refractivity contribution >= 4 is 32.4 Å². The van der Waals surface area contributed by atoms with Gasteiger partial charge in [0.15, 0.2) is 5.13 Å². The summed E-state index contributed by atoms with van der Waals surface area (Å²) in [6.45, 7) is 1.92. The highest BCUT2D eigenvalue weighted by atomic mass is 32.2. The van der Waals surface area contributed by atoms with Gasteiger partial charge >= 0.3 is 0 Å². The molecule has 29 heavy (non-hydrogen) atoms. The highest BCUT2D eigenvalue weighted by Gasteiger charge is 2.17. The van der Waals surface area contributed by atoms with E-state index in [1.165, 1.54) is 12.1 Å². The summed E-state index contributed by atoms with van der Waals surface area (Å²) in [6, 6.07) is 14.1. The van der Waals surface area contributed by atoms with Gasteiger partial charge < -0.3 is 5.32 Å². The van der Waals surface area contributed by atoms with Crippen molar-refractivity contribution in [3.8, 4) is 0 Å². The first-order valence-corrected chi connectivity index (χ1v) is 11.3. The van der Waals surface area contributed by atoms with Gasteiger partial charge in [0.05, 0.1) is 16.6 Å². The second-order valence-electron chi connectivity index (χ2n) is 6.40. The van der Waals surface area contributed by atoms with E-state index in [2.05, 4.69) is 15.0 Å². The van der Waals surface area contributed by atoms with Gasteiger partial charge in [-0.3, -0.25) is 9.52 Å². The fourth-order valence-electron chi connectivity index (χ4n) is 2.64. The van der Waals surface area contributed by atoms with E-state index >= 15 is 0 Å². The van der Waals surface area contributed by atoms with Crippen molar-refractivity contribution in [3.05, 3.63) is 77.1 Å². The molecule has 0 fully saturated rings. The largest absolute Gasteiger partial charge is 0.350 e. The summed E-state index contributed by atoms with van der Waals surface area (Å²) in [5.41, 5.74) is 1.64. The van der Waals surface area contributed by atoms with Crippen LogP contribution in [0.5, 0.6) is 0 Å². The summed E-state index contributed by atoms with van der Waals surface area (Å²) in [4.78, 5) is 16.3. The zero-order chi connectivity index (χ0) is 20.9. The summed E-state index contributed by atoms with van der Waals surface area (Å²) in [5, 5.41) is 4.83. The predicted molar refractivity (Wildman–Crippen MR) is 111 cm³/mol. The molecular weight excluding hydrogens is 413 g/mol. The molecule has 2 N–H and O–H groups in total. The molecule has 2 aromatic carbocycles. The van der Waals surface area contributed by atoms with E-state index in [4.69, 9.17) is 0 Å². The maximum Gasteiger partial charge on any atom is 0.263 e. The molecule has 0 spiro atoms. The molecular formula is C20H20FN3O3S2. The molecule has 0 aliphatic rings. The Hall–Kier alpha value is -2.78. The number of rotatable bonds is 8. The van der Waals surface area contributed by atoms with Crippen LogP contribution in [0.2, 0.25) is 0 Å². The number of nitrogens with one attached hydrogen (secondary N) is 2. The van der Waals surface area contributed by atoms with Gasteiger partial charge in [-0.15, -0.1) is 11.3 Å². The monoisotopic (exact) mass is 433 g/mol. The molecule has 0 aliphatic heterocycles. The van der Waals surface area contributed by atoms with Gasteiger partial charge in [-0.2, -0.15) is 0 Å². The van der Waals surface area contributed by atoms with E-state index < -0.39 is 15.8 Å². The molecule has 1 atom stereocenters. The van der Waals surface area contributed by atoms with Crippen molar-refractivity contribution in [2.75, 3.05) is 4.72 Å². The summed E-state index contributed by atoms with van der Waals surface area (Å²) >= 11 is 1.13. The number of aromatic nitrogens is 1. The summed E-state index contributed by atoms with van der Waals surface area (Å²) in [7, 11) is -3.84. The normalized spacial score (nSPS) is 12.3. The lowest BCUT2D eigenvalue weighted by Crippen LogP contribution is -2.26. The minimum atomic E-state index is -3.84. The van der Waals surface area contributed by atoms with Crippen LogP contribution >= 0.6 is 11.3 Å². The number of aryl methyl sites for hydroxylation is 1. The molecule has 1 aromatic heterocycles. The molecule has 0 radical (unpaired) electrons. The third-order valence-electron chi connectivity index (χ3n) is 4.18. The number of nitrogens with zero attached hydrogens (tertiary/aromatic N) is 1. The molecule has 0 saturated carbocycles. The Kier molecular flexibility index (Phi) is 6.60. The lowest BCUT2D eigenvalue weighted by molar-refractivity contribution is -0.121. The molecule has 0 aliphatic carbocycles. The first-order chi connectivity index (χ1) is 13.8. The Labute approximate surface area is 172 Å². The first-order valence-electron chi connectivity index (χ1n) is 8.90. The lowest BCUT2D eigenvalue weighted by atomic mass is 10.1. The summed E-state index contributed by atoms with van der Waals surface area (Å²) in [5.74, 6) is -0.622. The van der Waals surface area contributed by atoms with Crippen LogP contribution in [0.4, 0.5) is 9.52 Å². The number of halogens is 1. The number of hydrogen-bond donors (Lipinski definition) is 2. The molecule has 152 valence electrons. The van der Waals surface area contributed by atoms with E-state index in [9.17, 15) is 17.6 Å². The van der Waals surface area contributed by atoms with Gasteiger partial charge in [-0.25, -0.2) is 17.8 Å². The van der Waals surface area contributed by atoms with Crippen molar-refractivity contribution < 1.29 is 17.6 Å². The van der Waals surface area contributed by atoms with E-state index in [0.29, 0.717) is 12.1 Å². The Morgan fingerprint density at radius 1 is 1.14 bits per heavy atom. The number of hydrogen-bond acceptors (Lipinski definition) is 5. The van der Waals surface area contributed by atoms with Crippen LogP contribution in [0.1, 0.15) is 30.6 Å². The van der Waals surface area contributed by atoms with Crippen molar-refractivity contribution in [3.63, 3.8) is 0 Å². The Balaban J connectivity index is 1.53. The highest BCUT2D eigenvalue weighted by molar-refractivity contribution is 7.93. The number of sulfonamides is 1. The van der Waals surface area contributed by atoms with Crippen LogP contribution in [0.3, 0.4) is 0 Å². The highest BCUT2D eigenvalue weighted by Crippen LogP contribution is 2.21. The van der Waals surface area contributed by atoms with Gasteiger partial charge in [0.1, 0.15) is 5.82 Å². The zero-order valence-electron chi connectivity index (χ0n) is 15.6. The van der Waals surface area contributed by atoms with Gasteiger partial charge in [0, 0.05) is 11.8 Å². The summed E-state index contributed by atoms with van der Waals surface area (Å²) < 4.78 is 40.0. The van der Waals surface area contributed by atoms with Crippen molar-refractivity contribution in [2.45, 2.75) is 30.7 Å². The minimum absolute atomic E-state index is 0.0510. The van der Waals surface area contributed by atoms with E-state index in [1.807, 2.05) is 37.3 Å². The number of carbonyl (C=O) groups is 1. The van der Waals surface area contributed by atoms with Gasteiger partial charge in [0.2, 0.25) is 5.91 Å². The average Bonchev–Trinajstić information content (AvgIpc) is 3.14. The Bertz CT molecular complexity index is 1070. The number of benzene rings is 2. The van der Waals surface area contributed by atoms with Crippen LogP contribution in [0.25, 0.3) is 0 Å². The Morgan fingerprint density at radius 3 is 2.52 bits per heavy atom. The van der Waals surface area contributed by atoms with Crippen LogP contribution in [0.15, 0.2) is 64.9 Å². The fourth-order valence-corrected chi connectivity index (χ4v) is 4.63. The quantitative estimate of drug-likeness (QED) is 0.564. The second-order valence-corrected chi connectivity index (χ2v) is 8.94. The molecule has 1 unspecified atom stereocenters. The molecule has 0 saturated heterocycles. The van der Waals surface area contributed by atoms with Crippen molar-refractivity contribution in [1.29, 1.82) is 0 Å². The molecule has 6 nitrogen and oxygen atoms in total. The number of amides is 1. The first kappa shape index (κ1) is 20.9.